The van der Waals surface area contributed by atoms with E-state index in [0.29, 0.717) is 11.9 Å². The summed E-state index contributed by atoms with van der Waals surface area (Å²) in [5.74, 6) is 1.21. The Balaban J connectivity index is 1.70. The van der Waals surface area contributed by atoms with Crippen molar-refractivity contribution in [2.75, 3.05) is 19.6 Å². The molecule has 1 aliphatic heterocycles. The zero-order chi connectivity index (χ0) is 13.5. The number of likely N-dealkylation sites (N-methyl/N-ethyl adjacent to an activating group) is 1. The van der Waals surface area contributed by atoms with E-state index in [9.17, 15) is 4.79 Å². The molecular formula is C16H30N2O. The van der Waals surface area contributed by atoms with Gasteiger partial charge in [-0.1, -0.05) is 32.1 Å². The number of hydrogen-bond acceptors (Lipinski definition) is 2. The summed E-state index contributed by atoms with van der Waals surface area (Å²) >= 11 is 0. The zero-order valence-corrected chi connectivity index (χ0v) is 12.5. The number of nitrogens with zero attached hydrogens (tertiary/aromatic N) is 1. The van der Waals surface area contributed by atoms with Crippen molar-refractivity contribution >= 4 is 5.91 Å². The van der Waals surface area contributed by atoms with Crippen LogP contribution in [0.3, 0.4) is 0 Å². The van der Waals surface area contributed by atoms with Gasteiger partial charge in [0, 0.05) is 25.6 Å². The Morgan fingerprint density at radius 2 is 1.89 bits per heavy atom. The third-order valence-electron chi connectivity index (χ3n) is 4.83. The lowest BCUT2D eigenvalue weighted by molar-refractivity contribution is -0.131. The maximum absolute atomic E-state index is 12.3. The van der Waals surface area contributed by atoms with Crippen LogP contribution in [0.25, 0.3) is 0 Å². The number of hydrogen-bond donors (Lipinski definition) is 1. The molecule has 2 rings (SSSR count). The molecule has 0 aromatic heterocycles. The third kappa shape index (κ3) is 4.79. The minimum atomic E-state index is 0.377. The molecule has 1 saturated carbocycles. The van der Waals surface area contributed by atoms with E-state index in [4.69, 9.17) is 0 Å². The number of amides is 1. The molecule has 0 aromatic carbocycles. The van der Waals surface area contributed by atoms with Gasteiger partial charge in [0.1, 0.15) is 0 Å². The molecule has 1 aliphatic carbocycles. The van der Waals surface area contributed by atoms with Crippen molar-refractivity contribution in [3.63, 3.8) is 0 Å². The van der Waals surface area contributed by atoms with Crippen LogP contribution in [-0.2, 0) is 4.79 Å². The molecule has 2 fully saturated rings. The molecule has 3 heteroatoms. The van der Waals surface area contributed by atoms with Gasteiger partial charge in [-0.2, -0.15) is 0 Å². The average Bonchev–Trinajstić information content (AvgIpc) is 2.96. The van der Waals surface area contributed by atoms with Crippen molar-refractivity contribution in [1.29, 1.82) is 0 Å². The van der Waals surface area contributed by atoms with Gasteiger partial charge in [-0.25, -0.2) is 0 Å². The lowest BCUT2D eigenvalue weighted by atomic mass is 10.0. The predicted molar refractivity (Wildman–Crippen MR) is 79.1 cm³/mol. The largest absolute Gasteiger partial charge is 0.341 e. The minimum Gasteiger partial charge on any atom is -0.341 e. The van der Waals surface area contributed by atoms with E-state index in [1.54, 1.807) is 0 Å². The maximum atomic E-state index is 12.3. The summed E-state index contributed by atoms with van der Waals surface area (Å²) in [5.41, 5.74) is 0. The highest BCUT2D eigenvalue weighted by Gasteiger charge is 2.21. The first-order valence-electron chi connectivity index (χ1n) is 8.30. The second kappa shape index (κ2) is 7.88. The van der Waals surface area contributed by atoms with Crippen LogP contribution >= 0.6 is 0 Å². The normalized spacial score (nSPS) is 24.6. The summed E-state index contributed by atoms with van der Waals surface area (Å²) in [5, 5.41) is 3.54. The number of rotatable bonds is 6. The molecule has 1 N–H and O–H groups in total. The van der Waals surface area contributed by atoms with Crippen molar-refractivity contribution in [3.05, 3.63) is 0 Å². The molecule has 1 saturated heterocycles. The van der Waals surface area contributed by atoms with Gasteiger partial charge in [-0.05, 0) is 38.6 Å². The van der Waals surface area contributed by atoms with Gasteiger partial charge in [-0.15, -0.1) is 0 Å². The molecule has 110 valence electrons. The molecule has 2 aliphatic rings. The minimum absolute atomic E-state index is 0.377. The molecular weight excluding hydrogens is 236 g/mol. The Bertz CT molecular complexity index is 268. The molecule has 3 nitrogen and oxygen atoms in total. The van der Waals surface area contributed by atoms with E-state index in [0.717, 1.165) is 38.4 Å². The van der Waals surface area contributed by atoms with Crippen molar-refractivity contribution in [2.24, 2.45) is 5.92 Å². The van der Waals surface area contributed by atoms with E-state index in [-0.39, 0.29) is 0 Å². The highest BCUT2D eigenvalue weighted by Crippen LogP contribution is 2.28. The van der Waals surface area contributed by atoms with Crippen LogP contribution in [0.2, 0.25) is 0 Å². The Morgan fingerprint density at radius 1 is 1.16 bits per heavy atom. The smallest absolute Gasteiger partial charge is 0.222 e. The second-order valence-corrected chi connectivity index (χ2v) is 6.27. The average molecular weight is 266 g/mol. The van der Waals surface area contributed by atoms with Gasteiger partial charge >= 0.3 is 0 Å². The highest BCUT2D eigenvalue weighted by atomic mass is 16.2. The van der Waals surface area contributed by atoms with Crippen molar-refractivity contribution < 1.29 is 4.79 Å². The number of carbonyl (C=O) groups is 1. The Labute approximate surface area is 118 Å². The van der Waals surface area contributed by atoms with Crippen molar-refractivity contribution in [3.8, 4) is 0 Å². The van der Waals surface area contributed by atoms with E-state index < -0.39 is 0 Å². The number of carbonyl (C=O) groups excluding carboxylic acids is 1. The molecule has 0 radical (unpaired) electrons. The first kappa shape index (κ1) is 14.8. The van der Waals surface area contributed by atoms with Crippen LogP contribution in [0.15, 0.2) is 0 Å². The molecule has 19 heavy (non-hydrogen) atoms. The summed E-state index contributed by atoms with van der Waals surface area (Å²) in [6.07, 6.45) is 11.2. The van der Waals surface area contributed by atoms with E-state index >= 15 is 0 Å². The van der Waals surface area contributed by atoms with Crippen LogP contribution in [0, 0.1) is 5.92 Å². The van der Waals surface area contributed by atoms with Crippen LogP contribution in [0.1, 0.15) is 64.7 Å². The quantitative estimate of drug-likeness (QED) is 0.801. The lowest BCUT2D eigenvalue weighted by Gasteiger charge is -2.30. The molecule has 0 bridgehead atoms. The predicted octanol–water partition coefficient (Wildman–Crippen LogP) is 2.95. The van der Waals surface area contributed by atoms with Crippen LogP contribution in [0.5, 0.6) is 0 Å². The van der Waals surface area contributed by atoms with Crippen LogP contribution < -0.4 is 5.32 Å². The van der Waals surface area contributed by atoms with E-state index in [2.05, 4.69) is 17.1 Å². The highest BCUT2D eigenvalue weighted by molar-refractivity contribution is 5.76. The van der Waals surface area contributed by atoms with Gasteiger partial charge < -0.3 is 10.2 Å². The first-order chi connectivity index (χ1) is 9.29. The third-order valence-corrected chi connectivity index (χ3v) is 4.83. The fraction of sp³-hybridized carbons (Fsp3) is 0.938. The van der Waals surface area contributed by atoms with E-state index in [1.807, 2.05) is 0 Å². The fourth-order valence-corrected chi connectivity index (χ4v) is 3.54. The molecule has 0 aromatic rings. The lowest BCUT2D eigenvalue weighted by Crippen LogP contribution is -2.45. The SMILES string of the molecule is CCN(CC1CCCCN1)C(=O)CCC1CCCC1. The van der Waals surface area contributed by atoms with Gasteiger partial charge in [0.2, 0.25) is 5.91 Å². The van der Waals surface area contributed by atoms with Crippen LogP contribution in [-0.4, -0.2) is 36.5 Å². The monoisotopic (exact) mass is 266 g/mol. The molecule has 1 amide bonds. The van der Waals surface area contributed by atoms with Crippen molar-refractivity contribution in [1.82, 2.24) is 10.2 Å². The van der Waals surface area contributed by atoms with Gasteiger partial charge in [0.25, 0.3) is 0 Å². The standard InChI is InChI=1S/C16H30N2O/c1-2-18(13-15-9-5-6-12-17-15)16(19)11-10-14-7-3-4-8-14/h14-15,17H,2-13H2,1H3. The summed E-state index contributed by atoms with van der Waals surface area (Å²) in [6, 6.07) is 0.532. The Hall–Kier alpha value is -0.570. The molecule has 1 atom stereocenters. The summed E-state index contributed by atoms with van der Waals surface area (Å²) in [6.45, 7) is 5.01. The fourth-order valence-electron chi connectivity index (χ4n) is 3.54. The van der Waals surface area contributed by atoms with Gasteiger partial charge in [0.15, 0.2) is 0 Å². The maximum Gasteiger partial charge on any atom is 0.222 e. The van der Waals surface area contributed by atoms with E-state index in [1.165, 1.54) is 44.9 Å². The Morgan fingerprint density at radius 3 is 2.53 bits per heavy atom. The first-order valence-corrected chi connectivity index (χ1v) is 8.30. The topological polar surface area (TPSA) is 32.3 Å². The summed E-state index contributed by atoms with van der Waals surface area (Å²) in [4.78, 5) is 14.4. The molecule has 1 unspecified atom stereocenters. The number of nitrogens with one attached hydrogen (secondary N) is 1. The zero-order valence-electron chi connectivity index (χ0n) is 12.5. The van der Waals surface area contributed by atoms with Crippen LogP contribution in [0.4, 0.5) is 0 Å². The summed E-state index contributed by atoms with van der Waals surface area (Å²) < 4.78 is 0. The van der Waals surface area contributed by atoms with Gasteiger partial charge in [-0.3, -0.25) is 4.79 Å². The number of piperidine rings is 1. The second-order valence-electron chi connectivity index (χ2n) is 6.27. The molecule has 0 spiro atoms. The van der Waals surface area contributed by atoms with Gasteiger partial charge in [0.05, 0.1) is 0 Å². The summed E-state index contributed by atoms with van der Waals surface area (Å²) in [7, 11) is 0. The Kier molecular flexibility index (Phi) is 6.15. The molecule has 1 heterocycles. The van der Waals surface area contributed by atoms with Crippen molar-refractivity contribution in [2.45, 2.75) is 70.8 Å².